The molecule has 162 valence electrons. The van der Waals surface area contributed by atoms with Crippen LogP contribution in [0.25, 0.3) is 0 Å². The highest BCUT2D eigenvalue weighted by molar-refractivity contribution is 7.54. The van der Waals surface area contributed by atoms with E-state index in [1.54, 1.807) is 0 Å². The summed E-state index contributed by atoms with van der Waals surface area (Å²) in [6.07, 6.45) is 0. The third kappa shape index (κ3) is 5.92. The van der Waals surface area contributed by atoms with Gasteiger partial charge in [-0.3, -0.25) is 18.6 Å². The van der Waals surface area contributed by atoms with Crippen molar-refractivity contribution in [3.05, 3.63) is 0 Å². The van der Waals surface area contributed by atoms with Gasteiger partial charge >= 0.3 is 22.8 Å². The Balaban J connectivity index is 3.75. The molecular weight excluding hydrogens is 423 g/mol. The summed E-state index contributed by atoms with van der Waals surface area (Å²) in [5, 5.41) is 5.93. The third-order valence-electron chi connectivity index (χ3n) is 5.34. The van der Waals surface area contributed by atoms with Crippen molar-refractivity contribution in [2.45, 2.75) is 43.4 Å². The fourth-order valence-electron chi connectivity index (χ4n) is 3.52. The molecule has 0 aromatic carbocycles. The second kappa shape index (κ2) is 9.00. The van der Waals surface area contributed by atoms with E-state index in [2.05, 4.69) is 10.6 Å². The van der Waals surface area contributed by atoms with Gasteiger partial charge in [0.05, 0.1) is 16.9 Å². The van der Waals surface area contributed by atoms with Crippen LogP contribution in [0, 0.1) is 0 Å². The minimum atomic E-state index is -4.89. The van der Waals surface area contributed by atoms with Crippen molar-refractivity contribution >= 4 is 22.8 Å². The molecule has 1 aliphatic rings. The molecule has 1 rings (SSSR count). The molecule has 0 aromatic rings. The van der Waals surface area contributed by atoms with E-state index in [-0.39, 0.29) is 19.6 Å². The Morgan fingerprint density at radius 2 is 1.22 bits per heavy atom. The molecule has 12 nitrogen and oxygen atoms in total. The summed E-state index contributed by atoms with van der Waals surface area (Å²) in [4.78, 5) is 60.0. The second-order valence-electron chi connectivity index (χ2n) is 6.86. The van der Waals surface area contributed by atoms with Gasteiger partial charge in [0.25, 0.3) is 0 Å². The maximum atomic E-state index is 12.1. The first-order valence-electron chi connectivity index (χ1n) is 8.40. The van der Waals surface area contributed by atoms with Crippen LogP contribution in [0.2, 0.25) is 0 Å². The molecule has 0 spiro atoms. The predicted octanol–water partition coefficient (Wildman–Crippen LogP) is -1.12. The molecule has 3 atom stereocenters. The molecule has 0 amide bonds. The minimum Gasteiger partial charge on any atom is -0.324 e. The van der Waals surface area contributed by atoms with Crippen LogP contribution in [0.5, 0.6) is 0 Å². The highest BCUT2D eigenvalue weighted by Gasteiger charge is 2.59. The van der Waals surface area contributed by atoms with Gasteiger partial charge in [-0.15, -0.1) is 0 Å². The second-order valence-corrected chi connectivity index (χ2v) is 12.7. The Bertz CT molecular complexity index is 617. The van der Waals surface area contributed by atoms with Gasteiger partial charge in [-0.25, -0.2) is 0 Å². The van der Waals surface area contributed by atoms with E-state index in [0.29, 0.717) is 13.1 Å². The highest BCUT2D eigenvalue weighted by Crippen LogP contribution is 2.59. The molecule has 0 radical (unpaired) electrons. The van der Waals surface area contributed by atoms with Crippen LogP contribution in [0.3, 0.4) is 0 Å². The average molecular weight is 453 g/mol. The van der Waals surface area contributed by atoms with Gasteiger partial charge in [-0.1, -0.05) is 0 Å². The Morgan fingerprint density at radius 3 is 1.63 bits per heavy atom. The van der Waals surface area contributed by atoms with E-state index in [0.717, 1.165) is 18.7 Å². The fourth-order valence-corrected chi connectivity index (χ4v) is 6.43. The SMILES string of the molecule is CC(N1CCNCCNCC1(C(C)P(=O)(O)O)C(C)P(=O)(O)O)P(=O)(O)O. The van der Waals surface area contributed by atoms with E-state index >= 15 is 0 Å². The third-order valence-corrected chi connectivity index (χ3v) is 9.51. The van der Waals surface area contributed by atoms with E-state index < -0.39 is 45.4 Å². The van der Waals surface area contributed by atoms with Gasteiger partial charge in [-0.2, -0.15) is 0 Å². The van der Waals surface area contributed by atoms with E-state index in [9.17, 15) is 43.1 Å². The summed E-state index contributed by atoms with van der Waals surface area (Å²) >= 11 is 0. The zero-order valence-electron chi connectivity index (χ0n) is 15.5. The first kappa shape index (κ1) is 25.4. The fraction of sp³-hybridized carbons (Fsp3) is 1.00. The molecule has 8 N–H and O–H groups in total. The molecule has 0 aliphatic carbocycles. The van der Waals surface area contributed by atoms with Crippen molar-refractivity contribution in [1.29, 1.82) is 0 Å². The molecule has 1 saturated heterocycles. The zero-order valence-corrected chi connectivity index (χ0v) is 18.1. The van der Waals surface area contributed by atoms with Gasteiger partial charge in [-0.05, 0) is 20.8 Å². The van der Waals surface area contributed by atoms with Crippen molar-refractivity contribution in [2.24, 2.45) is 0 Å². The lowest BCUT2D eigenvalue weighted by Crippen LogP contribution is -2.68. The summed E-state index contributed by atoms with van der Waals surface area (Å²) < 4.78 is 36.3. The summed E-state index contributed by atoms with van der Waals surface area (Å²) in [5.41, 5.74) is -5.12. The van der Waals surface area contributed by atoms with E-state index in [1.165, 1.54) is 6.92 Å². The largest absolute Gasteiger partial charge is 0.342 e. The topological polar surface area (TPSA) is 200 Å². The number of nitrogens with one attached hydrogen (secondary N) is 2. The Kier molecular flexibility index (Phi) is 8.45. The van der Waals surface area contributed by atoms with Crippen LogP contribution in [-0.2, 0) is 13.7 Å². The van der Waals surface area contributed by atoms with Crippen LogP contribution in [0.15, 0.2) is 0 Å². The van der Waals surface area contributed by atoms with Crippen LogP contribution in [-0.4, -0.2) is 89.6 Å². The molecule has 0 bridgehead atoms. The Morgan fingerprint density at radius 1 is 0.778 bits per heavy atom. The maximum absolute atomic E-state index is 12.1. The molecule has 27 heavy (non-hydrogen) atoms. The quantitative estimate of drug-likeness (QED) is 0.226. The predicted molar refractivity (Wildman–Crippen MR) is 99.7 cm³/mol. The lowest BCUT2D eigenvalue weighted by molar-refractivity contribution is 0.0556. The molecule has 15 heteroatoms. The van der Waals surface area contributed by atoms with Gasteiger partial charge in [0, 0.05) is 32.7 Å². The molecule has 0 saturated carbocycles. The van der Waals surface area contributed by atoms with Crippen molar-refractivity contribution < 1.29 is 43.1 Å². The first-order chi connectivity index (χ1) is 12.1. The molecule has 0 aromatic heterocycles. The average Bonchev–Trinajstić information content (AvgIpc) is 2.60. The summed E-state index contributed by atoms with van der Waals surface area (Å²) in [6.45, 7) is 4.20. The lowest BCUT2D eigenvalue weighted by atomic mass is 9.88. The maximum Gasteiger partial charge on any atom is 0.342 e. The van der Waals surface area contributed by atoms with Crippen LogP contribution in [0.4, 0.5) is 0 Å². The number of nitrogens with zero attached hydrogens (tertiary/aromatic N) is 1. The van der Waals surface area contributed by atoms with Gasteiger partial charge < -0.3 is 40.0 Å². The van der Waals surface area contributed by atoms with Crippen molar-refractivity contribution in [1.82, 2.24) is 15.5 Å². The van der Waals surface area contributed by atoms with Gasteiger partial charge in [0.2, 0.25) is 0 Å². The smallest absolute Gasteiger partial charge is 0.324 e. The van der Waals surface area contributed by atoms with Crippen LogP contribution >= 0.6 is 22.8 Å². The van der Waals surface area contributed by atoms with Crippen LogP contribution < -0.4 is 10.6 Å². The number of hydrogen-bond donors (Lipinski definition) is 8. The minimum absolute atomic E-state index is 0.0668. The van der Waals surface area contributed by atoms with Crippen molar-refractivity contribution in [2.75, 3.05) is 32.7 Å². The highest BCUT2D eigenvalue weighted by atomic mass is 31.2. The van der Waals surface area contributed by atoms with E-state index in [4.69, 9.17) is 0 Å². The number of hydrogen-bond acceptors (Lipinski definition) is 6. The zero-order chi connectivity index (χ0) is 21.3. The van der Waals surface area contributed by atoms with E-state index in [1.807, 2.05) is 0 Å². The molecule has 1 heterocycles. The Hall–Kier alpha value is 0.330. The summed E-state index contributed by atoms with van der Waals surface area (Å²) in [5.74, 6) is -1.51. The van der Waals surface area contributed by atoms with Gasteiger partial charge in [0.1, 0.15) is 5.78 Å². The monoisotopic (exact) mass is 453 g/mol. The van der Waals surface area contributed by atoms with Crippen molar-refractivity contribution in [3.8, 4) is 0 Å². The molecular formula is C12H30N3O9P3. The normalized spacial score (nSPS) is 27.9. The molecule has 1 fully saturated rings. The van der Waals surface area contributed by atoms with Gasteiger partial charge in [0.15, 0.2) is 0 Å². The Labute approximate surface area is 158 Å². The molecule has 1 aliphatic heterocycles. The standard InChI is InChI=1S/C12H30N3O9P3/c1-9(25(16,17)18)12(10(2)26(19,20)21)8-14-5-4-13-6-7-15(12)11(3)27(22,23)24/h9-11,13-14H,4-8H2,1-3H3,(H2,16,17,18)(H2,19,20,21)(H2,22,23,24). The van der Waals surface area contributed by atoms with Crippen LogP contribution in [0.1, 0.15) is 20.8 Å². The first-order valence-corrected chi connectivity index (χ1v) is 13.4. The molecule has 3 unspecified atom stereocenters. The van der Waals surface area contributed by atoms with Crippen molar-refractivity contribution in [3.63, 3.8) is 0 Å². The summed E-state index contributed by atoms with van der Waals surface area (Å²) in [6, 6.07) is 0. The number of rotatable bonds is 6. The lowest BCUT2D eigenvalue weighted by Gasteiger charge is -2.53. The summed E-state index contributed by atoms with van der Waals surface area (Å²) in [7, 11) is -14.6.